The molecular weight excluding hydrogens is 230 g/mol. The predicted octanol–water partition coefficient (Wildman–Crippen LogP) is 1.14. The van der Waals surface area contributed by atoms with Crippen molar-refractivity contribution < 1.29 is 14.9 Å². The van der Waals surface area contributed by atoms with Crippen LogP contribution in [0.5, 0.6) is 5.75 Å². The standard InChI is InChI=1S/C11H16ClNO3/c1-13(8(6-14)7-15)11-4-3-9(16-2)5-10(11)12/h3-5,8,14-15H,6-7H2,1-2H3. The number of nitrogens with zero attached hydrogens (tertiary/aromatic N) is 1. The fourth-order valence-corrected chi connectivity index (χ4v) is 1.70. The van der Waals surface area contributed by atoms with E-state index in [4.69, 9.17) is 26.6 Å². The summed E-state index contributed by atoms with van der Waals surface area (Å²) in [5, 5.41) is 18.7. The molecule has 16 heavy (non-hydrogen) atoms. The molecule has 2 N–H and O–H groups in total. The maximum absolute atomic E-state index is 9.08. The molecule has 0 aliphatic rings. The number of ether oxygens (including phenoxy) is 1. The van der Waals surface area contributed by atoms with E-state index in [1.165, 1.54) is 0 Å². The van der Waals surface area contributed by atoms with Crippen LogP contribution in [-0.2, 0) is 0 Å². The Bertz CT molecular complexity index is 342. The summed E-state index contributed by atoms with van der Waals surface area (Å²) in [6.45, 7) is -0.259. The summed E-state index contributed by atoms with van der Waals surface area (Å²) in [5.41, 5.74) is 0.746. The molecule has 0 aliphatic carbocycles. The molecule has 1 rings (SSSR count). The average Bonchev–Trinajstić information content (AvgIpc) is 2.30. The van der Waals surface area contributed by atoms with Crippen LogP contribution >= 0.6 is 11.6 Å². The number of rotatable bonds is 5. The van der Waals surface area contributed by atoms with Gasteiger partial charge < -0.3 is 19.8 Å². The SMILES string of the molecule is COc1ccc(N(C)C(CO)CO)c(Cl)c1. The summed E-state index contributed by atoms with van der Waals surface area (Å²) in [4.78, 5) is 1.74. The second-order valence-corrected chi connectivity index (χ2v) is 3.85. The van der Waals surface area contributed by atoms with Gasteiger partial charge in [-0.25, -0.2) is 0 Å². The van der Waals surface area contributed by atoms with Gasteiger partial charge in [0.2, 0.25) is 0 Å². The third-order valence-corrected chi connectivity index (χ3v) is 2.81. The lowest BCUT2D eigenvalue weighted by molar-refractivity contribution is 0.191. The first-order chi connectivity index (χ1) is 7.63. The molecule has 1 aromatic rings. The Kier molecular flexibility index (Phi) is 4.86. The second-order valence-electron chi connectivity index (χ2n) is 3.45. The van der Waals surface area contributed by atoms with Crippen molar-refractivity contribution in [1.29, 1.82) is 0 Å². The van der Waals surface area contributed by atoms with Gasteiger partial charge in [-0.2, -0.15) is 0 Å². The molecule has 0 spiro atoms. The molecule has 0 heterocycles. The van der Waals surface area contributed by atoms with Gasteiger partial charge in [0.25, 0.3) is 0 Å². The van der Waals surface area contributed by atoms with Crippen LogP contribution in [0.2, 0.25) is 5.02 Å². The number of aliphatic hydroxyl groups excluding tert-OH is 2. The topological polar surface area (TPSA) is 52.9 Å². The van der Waals surface area contributed by atoms with Gasteiger partial charge in [0.05, 0.1) is 37.1 Å². The molecule has 0 radical (unpaired) electrons. The minimum atomic E-state index is -0.356. The number of hydrogen-bond acceptors (Lipinski definition) is 4. The zero-order chi connectivity index (χ0) is 12.1. The van der Waals surface area contributed by atoms with Crippen LogP contribution in [-0.4, -0.2) is 43.6 Å². The highest BCUT2D eigenvalue weighted by Gasteiger charge is 2.15. The Labute approximate surface area is 100 Å². The summed E-state index contributed by atoms with van der Waals surface area (Å²) < 4.78 is 5.04. The van der Waals surface area contributed by atoms with Crippen LogP contribution in [0.15, 0.2) is 18.2 Å². The van der Waals surface area contributed by atoms with Crippen molar-refractivity contribution in [2.75, 3.05) is 32.3 Å². The molecule has 0 saturated heterocycles. The smallest absolute Gasteiger partial charge is 0.120 e. The first-order valence-electron chi connectivity index (χ1n) is 4.92. The minimum absolute atomic E-state index is 0.130. The van der Waals surface area contributed by atoms with E-state index in [1.807, 2.05) is 0 Å². The number of hydrogen-bond donors (Lipinski definition) is 2. The normalized spacial score (nSPS) is 10.6. The van der Waals surface area contributed by atoms with Crippen molar-refractivity contribution in [2.24, 2.45) is 0 Å². The fraction of sp³-hybridized carbons (Fsp3) is 0.455. The lowest BCUT2D eigenvalue weighted by atomic mass is 10.2. The summed E-state index contributed by atoms with van der Waals surface area (Å²) >= 11 is 6.08. The maximum Gasteiger partial charge on any atom is 0.120 e. The highest BCUT2D eigenvalue weighted by atomic mass is 35.5. The van der Waals surface area contributed by atoms with Crippen molar-refractivity contribution in [3.05, 3.63) is 23.2 Å². The van der Waals surface area contributed by atoms with Gasteiger partial charge in [0, 0.05) is 13.1 Å². The van der Waals surface area contributed by atoms with E-state index in [-0.39, 0.29) is 19.3 Å². The van der Waals surface area contributed by atoms with Crippen molar-refractivity contribution >= 4 is 17.3 Å². The molecule has 4 nitrogen and oxygen atoms in total. The first-order valence-corrected chi connectivity index (χ1v) is 5.30. The van der Waals surface area contributed by atoms with E-state index in [0.29, 0.717) is 10.8 Å². The molecule has 0 unspecified atom stereocenters. The molecule has 1 aromatic carbocycles. The monoisotopic (exact) mass is 245 g/mol. The predicted molar refractivity (Wildman–Crippen MR) is 64.4 cm³/mol. The number of methoxy groups -OCH3 is 1. The van der Waals surface area contributed by atoms with Gasteiger partial charge >= 0.3 is 0 Å². The largest absolute Gasteiger partial charge is 0.497 e. The highest BCUT2D eigenvalue weighted by molar-refractivity contribution is 6.33. The number of benzene rings is 1. The molecule has 0 aromatic heterocycles. The fourth-order valence-electron chi connectivity index (χ4n) is 1.40. The second kappa shape index (κ2) is 5.94. The van der Waals surface area contributed by atoms with Crippen LogP contribution in [0.1, 0.15) is 0 Å². The van der Waals surface area contributed by atoms with Crippen LogP contribution < -0.4 is 9.64 Å². The number of likely N-dealkylation sites (N-methyl/N-ethyl adjacent to an activating group) is 1. The zero-order valence-corrected chi connectivity index (χ0v) is 10.1. The van der Waals surface area contributed by atoms with Crippen molar-refractivity contribution in [3.8, 4) is 5.75 Å². The van der Waals surface area contributed by atoms with Gasteiger partial charge in [-0.3, -0.25) is 0 Å². The van der Waals surface area contributed by atoms with Crippen molar-refractivity contribution in [2.45, 2.75) is 6.04 Å². The lowest BCUT2D eigenvalue weighted by Crippen LogP contribution is -2.37. The third-order valence-electron chi connectivity index (χ3n) is 2.50. The number of aliphatic hydroxyl groups is 2. The molecule has 0 saturated carbocycles. The molecular formula is C11H16ClNO3. The molecule has 0 amide bonds. The van der Waals surface area contributed by atoms with Crippen LogP contribution in [0.3, 0.4) is 0 Å². The van der Waals surface area contributed by atoms with Gasteiger partial charge in [0.15, 0.2) is 0 Å². The number of anilines is 1. The Balaban J connectivity index is 2.95. The summed E-state index contributed by atoms with van der Waals surface area (Å²) in [7, 11) is 3.34. The summed E-state index contributed by atoms with van der Waals surface area (Å²) in [6, 6.07) is 4.91. The van der Waals surface area contributed by atoms with Gasteiger partial charge in [-0.15, -0.1) is 0 Å². The van der Waals surface area contributed by atoms with E-state index < -0.39 is 0 Å². The van der Waals surface area contributed by atoms with E-state index >= 15 is 0 Å². The first kappa shape index (κ1) is 13.1. The number of halogens is 1. The Hall–Kier alpha value is -0.970. The maximum atomic E-state index is 9.08. The van der Waals surface area contributed by atoms with E-state index in [2.05, 4.69) is 0 Å². The minimum Gasteiger partial charge on any atom is -0.497 e. The Morgan fingerprint density at radius 3 is 2.44 bits per heavy atom. The molecule has 0 bridgehead atoms. The van der Waals surface area contributed by atoms with E-state index in [1.54, 1.807) is 37.3 Å². The van der Waals surface area contributed by atoms with E-state index in [9.17, 15) is 0 Å². The van der Waals surface area contributed by atoms with Crippen molar-refractivity contribution in [1.82, 2.24) is 0 Å². The summed E-state index contributed by atoms with van der Waals surface area (Å²) in [5.74, 6) is 0.673. The van der Waals surface area contributed by atoms with Gasteiger partial charge in [-0.05, 0) is 12.1 Å². The third kappa shape index (κ3) is 2.78. The van der Waals surface area contributed by atoms with Crippen LogP contribution in [0.4, 0.5) is 5.69 Å². The zero-order valence-electron chi connectivity index (χ0n) is 9.35. The average molecular weight is 246 g/mol. The Morgan fingerprint density at radius 1 is 1.38 bits per heavy atom. The van der Waals surface area contributed by atoms with Crippen LogP contribution in [0.25, 0.3) is 0 Å². The van der Waals surface area contributed by atoms with Crippen molar-refractivity contribution in [3.63, 3.8) is 0 Å². The summed E-state index contributed by atoms with van der Waals surface area (Å²) in [6.07, 6.45) is 0. The molecule has 0 fully saturated rings. The lowest BCUT2D eigenvalue weighted by Gasteiger charge is -2.27. The van der Waals surface area contributed by atoms with Crippen LogP contribution in [0, 0.1) is 0 Å². The molecule has 0 aliphatic heterocycles. The van der Waals surface area contributed by atoms with Gasteiger partial charge in [-0.1, -0.05) is 11.6 Å². The molecule has 0 atom stereocenters. The molecule has 90 valence electrons. The highest BCUT2D eigenvalue weighted by Crippen LogP contribution is 2.29. The molecule has 5 heteroatoms. The Morgan fingerprint density at radius 2 is 2.00 bits per heavy atom. The van der Waals surface area contributed by atoms with E-state index in [0.717, 1.165) is 5.69 Å². The van der Waals surface area contributed by atoms with Gasteiger partial charge in [0.1, 0.15) is 5.75 Å². The quantitative estimate of drug-likeness (QED) is 0.817.